The Morgan fingerprint density at radius 3 is 2.50 bits per heavy atom. The van der Waals surface area contributed by atoms with Gasteiger partial charge in [-0.15, -0.1) is 0 Å². The van der Waals surface area contributed by atoms with Crippen LogP contribution in [0.25, 0.3) is 5.69 Å². The molecule has 2 heterocycles. The highest BCUT2D eigenvalue weighted by Gasteiger charge is 2.32. The molecule has 4 rings (SSSR count). The molecule has 1 saturated heterocycles. The lowest BCUT2D eigenvalue weighted by Crippen LogP contribution is -2.49. The molecule has 1 aliphatic heterocycles. The van der Waals surface area contributed by atoms with Gasteiger partial charge in [0.25, 0.3) is 5.91 Å². The van der Waals surface area contributed by atoms with E-state index in [1.165, 1.54) is 12.8 Å². The van der Waals surface area contributed by atoms with Crippen molar-refractivity contribution in [2.75, 3.05) is 26.2 Å². The molecule has 2 aliphatic rings. The fourth-order valence-electron chi connectivity index (χ4n) is 3.17. The van der Waals surface area contributed by atoms with E-state index >= 15 is 0 Å². The zero-order valence-electron chi connectivity index (χ0n) is 12.6. The molecule has 2 fully saturated rings. The summed E-state index contributed by atoms with van der Waals surface area (Å²) in [7, 11) is 0. The quantitative estimate of drug-likeness (QED) is 0.867. The van der Waals surface area contributed by atoms with Crippen molar-refractivity contribution in [2.45, 2.75) is 18.9 Å². The minimum absolute atomic E-state index is 0.113. The van der Waals surface area contributed by atoms with Gasteiger partial charge >= 0.3 is 0 Å². The molecular formula is C17H20N4O. The zero-order valence-corrected chi connectivity index (χ0v) is 12.6. The summed E-state index contributed by atoms with van der Waals surface area (Å²) in [6.45, 7) is 3.65. The highest BCUT2D eigenvalue weighted by molar-refractivity contribution is 5.97. The normalized spacial score (nSPS) is 19.4. The third kappa shape index (κ3) is 2.52. The van der Waals surface area contributed by atoms with E-state index in [0.717, 1.165) is 43.5 Å². The number of rotatable bonds is 3. The summed E-state index contributed by atoms with van der Waals surface area (Å²) >= 11 is 0. The maximum absolute atomic E-state index is 12.9. The Labute approximate surface area is 130 Å². The van der Waals surface area contributed by atoms with E-state index in [-0.39, 0.29) is 5.91 Å². The van der Waals surface area contributed by atoms with E-state index in [1.807, 2.05) is 41.4 Å². The molecule has 2 aromatic rings. The smallest absolute Gasteiger partial charge is 0.256 e. The molecule has 0 unspecified atom stereocenters. The lowest BCUT2D eigenvalue weighted by atomic mass is 10.1. The molecule has 1 amide bonds. The second-order valence-electron chi connectivity index (χ2n) is 6.03. The van der Waals surface area contributed by atoms with Crippen LogP contribution in [0.5, 0.6) is 0 Å². The first-order chi connectivity index (χ1) is 10.8. The number of hydrogen-bond acceptors (Lipinski definition) is 3. The van der Waals surface area contributed by atoms with E-state index in [9.17, 15) is 4.79 Å². The Bertz CT molecular complexity index is 655. The first-order valence-corrected chi connectivity index (χ1v) is 7.95. The van der Waals surface area contributed by atoms with Crippen molar-refractivity contribution in [2.24, 2.45) is 0 Å². The topological polar surface area (TPSA) is 41.4 Å². The van der Waals surface area contributed by atoms with E-state index in [4.69, 9.17) is 0 Å². The van der Waals surface area contributed by atoms with E-state index < -0.39 is 0 Å². The van der Waals surface area contributed by atoms with Gasteiger partial charge in [0.2, 0.25) is 0 Å². The average molecular weight is 296 g/mol. The number of amides is 1. The monoisotopic (exact) mass is 296 g/mol. The average Bonchev–Trinajstić information content (AvgIpc) is 3.29. The SMILES string of the molecule is O=C(c1ccccc1-n1cccn1)N1CCN(C2CC2)CC1. The number of hydrogen-bond donors (Lipinski definition) is 0. The van der Waals surface area contributed by atoms with Crippen molar-refractivity contribution in [3.63, 3.8) is 0 Å². The molecule has 0 N–H and O–H groups in total. The fraction of sp³-hybridized carbons (Fsp3) is 0.412. The summed E-state index contributed by atoms with van der Waals surface area (Å²) in [6, 6.07) is 10.4. The number of carbonyl (C=O) groups excluding carboxylic acids is 1. The standard InChI is InChI=1S/C17H20N4O/c22-17(20-12-10-19(11-13-20)14-6-7-14)15-4-1-2-5-16(15)21-9-3-8-18-21/h1-5,8-9,14H,6-7,10-13H2. The van der Waals surface area contributed by atoms with Gasteiger partial charge < -0.3 is 4.90 Å². The van der Waals surface area contributed by atoms with Gasteiger partial charge in [0.15, 0.2) is 0 Å². The van der Waals surface area contributed by atoms with Crippen molar-refractivity contribution in [3.8, 4) is 5.69 Å². The first kappa shape index (κ1) is 13.5. The van der Waals surface area contributed by atoms with Crippen LogP contribution in [0.15, 0.2) is 42.7 Å². The molecule has 5 nitrogen and oxygen atoms in total. The molecule has 0 bridgehead atoms. The largest absolute Gasteiger partial charge is 0.336 e. The molecular weight excluding hydrogens is 276 g/mol. The van der Waals surface area contributed by atoms with Crippen LogP contribution in [0.1, 0.15) is 23.2 Å². The predicted octanol–water partition coefficient (Wildman–Crippen LogP) is 1.79. The van der Waals surface area contributed by atoms with Gasteiger partial charge in [-0.2, -0.15) is 5.10 Å². The molecule has 0 radical (unpaired) electrons. The molecule has 22 heavy (non-hydrogen) atoms. The Morgan fingerprint density at radius 1 is 1.05 bits per heavy atom. The van der Waals surface area contributed by atoms with Gasteiger partial charge in [-0.1, -0.05) is 12.1 Å². The minimum atomic E-state index is 0.113. The van der Waals surface area contributed by atoms with E-state index in [0.29, 0.717) is 0 Å². The van der Waals surface area contributed by atoms with Gasteiger partial charge in [-0.05, 0) is 31.0 Å². The molecule has 0 spiro atoms. The Kier molecular flexibility index (Phi) is 3.42. The molecule has 5 heteroatoms. The second-order valence-corrected chi connectivity index (χ2v) is 6.03. The molecule has 1 aromatic carbocycles. The van der Waals surface area contributed by atoms with Crippen molar-refractivity contribution in [3.05, 3.63) is 48.3 Å². The highest BCUT2D eigenvalue weighted by Crippen LogP contribution is 2.28. The fourth-order valence-corrected chi connectivity index (χ4v) is 3.17. The number of benzene rings is 1. The second kappa shape index (κ2) is 5.57. The maximum Gasteiger partial charge on any atom is 0.256 e. The zero-order chi connectivity index (χ0) is 14.9. The van der Waals surface area contributed by atoms with Gasteiger partial charge in [0.1, 0.15) is 0 Å². The number of nitrogens with zero attached hydrogens (tertiary/aromatic N) is 4. The van der Waals surface area contributed by atoms with Gasteiger partial charge in [0, 0.05) is 44.6 Å². The summed E-state index contributed by atoms with van der Waals surface area (Å²) in [6.07, 6.45) is 6.26. The lowest BCUT2D eigenvalue weighted by molar-refractivity contribution is 0.0627. The first-order valence-electron chi connectivity index (χ1n) is 7.95. The van der Waals surface area contributed by atoms with Crippen molar-refractivity contribution in [1.29, 1.82) is 0 Å². The summed E-state index contributed by atoms with van der Waals surface area (Å²) in [5.41, 5.74) is 1.58. The van der Waals surface area contributed by atoms with Crippen molar-refractivity contribution >= 4 is 5.91 Å². The number of piperazine rings is 1. The van der Waals surface area contributed by atoms with Crippen LogP contribution in [0, 0.1) is 0 Å². The number of carbonyl (C=O) groups is 1. The number of aromatic nitrogens is 2. The van der Waals surface area contributed by atoms with Crippen molar-refractivity contribution < 1.29 is 4.79 Å². The molecule has 1 aromatic heterocycles. The minimum Gasteiger partial charge on any atom is -0.336 e. The van der Waals surface area contributed by atoms with Crippen molar-refractivity contribution in [1.82, 2.24) is 19.6 Å². The predicted molar refractivity (Wildman–Crippen MR) is 84.1 cm³/mol. The third-order valence-electron chi connectivity index (χ3n) is 4.55. The van der Waals surface area contributed by atoms with Gasteiger partial charge in [-0.3, -0.25) is 9.69 Å². The van der Waals surface area contributed by atoms with Crippen LogP contribution in [-0.2, 0) is 0 Å². The summed E-state index contributed by atoms with van der Waals surface area (Å²) < 4.78 is 1.76. The molecule has 0 atom stereocenters. The Hall–Kier alpha value is -2.14. The lowest BCUT2D eigenvalue weighted by Gasteiger charge is -2.35. The summed E-state index contributed by atoms with van der Waals surface area (Å²) in [5, 5.41) is 4.26. The van der Waals surface area contributed by atoms with Gasteiger partial charge in [0.05, 0.1) is 11.3 Å². The van der Waals surface area contributed by atoms with E-state index in [1.54, 1.807) is 10.9 Å². The van der Waals surface area contributed by atoms with Crippen LogP contribution in [0.3, 0.4) is 0 Å². The Morgan fingerprint density at radius 2 is 1.82 bits per heavy atom. The summed E-state index contributed by atoms with van der Waals surface area (Å²) in [4.78, 5) is 17.4. The maximum atomic E-state index is 12.9. The molecule has 1 saturated carbocycles. The van der Waals surface area contributed by atoms with Crippen LogP contribution >= 0.6 is 0 Å². The van der Waals surface area contributed by atoms with Crippen LogP contribution in [0.2, 0.25) is 0 Å². The number of para-hydroxylation sites is 1. The van der Waals surface area contributed by atoms with Gasteiger partial charge in [-0.25, -0.2) is 4.68 Å². The van der Waals surface area contributed by atoms with Crippen LogP contribution in [0.4, 0.5) is 0 Å². The van der Waals surface area contributed by atoms with Crippen LogP contribution < -0.4 is 0 Å². The highest BCUT2D eigenvalue weighted by atomic mass is 16.2. The Balaban J connectivity index is 1.53. The van der Waals surface area contributed by atoms with Crippen LogP contribution in [-0.4, -0.2) is 57.7 Å². The molecule has 114 valence electrons. The molecule has 1 aliphatic carbocycles. The third-order valence-corrected chi connectivity index (χ3v) is 4.55. The van der Waals surface area contributed by atoms with E-state index in [2.05, 4.69) is 10.00 Å². The summed E-state index contributed by atoms with van der Waals surface area (Å²) in [5.74, 6) is 0.113.